The Bertz CT molecular complexity index is 97.4. The molecule has 0 aliphatic heterocycles. The first-order valence-electron chi connectivity index (χ1n) is 4.53. The molecule has 0 nitrogen and oxygen atoms in total. The quantitative estimate of drug-likeness (QED) is 0.570. The molecule has 0 aromatic rings. The molecular formula is C10H22P. The molecule has 0 amide bonds. The van der Waals surface area contributed by atoms with Gasteiger partial charge in [0, 0.05) is 0 Å². The van der Waals surface area contributed by atoms with E-state index in [0.29, 0.717) is 5.16 Å². The lowest BCUT2D eigenvalue weighted by atomic mass is 9.81. The highest BCUT2D eigenvalue weighted by Crippen LogP contribution is 2.39. The zero-order valence-electron chi connectivity index (χ0n) is 8.35. The molecule has 1 atom stereocenters. The average molecular weight is 173 g/mol. The molecule has 1 radical (unpaired) electrons. The second-order valence-corrected chi connectivity index (χ2v) is 5.10. The molecule has 0 aromatic carbocycles. The van der Waals surface area contributed by atoms with Gasteiger partial charge in [-0.25, -0.2) is 0 Å². The molecule has 0 fully saturated rings. The second-order valence-electron chi connectivity index (χ2n) is 4.03. The van der Waals surface area contributed by atoms with E-state index in [-0.39, 0.29) is 0 Å². The molecule has 67 valence electrons. The number of rotatable bonds is 4. The molecule has 0 aromatic heterocycles. The molecule has 1 heteroatoms. The van der Waals surface area contributed by atoms with Crippen LogP contribution in [0.5, 0.6) is 0 Å². The van der Waals surface area contributed by atoms with Crippen molar-refractivity contribution in [3.63, 3.8) is 0 Å². The summed E-state index contributed by atoms with van der Waals surface area (Å²) in [6.07, 6.45) is 2.26. The summed E-state index contributed by atoms with van der Waals surface area (Å²) in [5, 5.41) is 0.405. The van der Waals surface area contributed by atoms with E-state index in [2.05, 4.69) is 43.9 Å². The first kappa shape index (κ1) is 11.4. The lowest BCUT2D eigenvalue weighted by Gasteiger charge is -2.37. The standard InChI is InChI=1S/C10H22P/c1-6-7-10(11,8(2)3)9(4)5/h8-9H,1,6-7,11H2,2-5H3. The van der Waals surface area contributed by atoms with Crippen molar-refractivity contribution in [1.82, 2.24) is 0 Å². The van der Waals surface area contributed by atoms with E-state index in [1.165, 1.54) is 6.42 Å². The van der Waals surface area contributed by atoms with Crippen LogP contribution in [0.1, 0.15) is 40.5 Å². The van der Waals surface area contributed by atoms with Gasteiger partial charge in [-0.1, -0.05) is 41.0 Å². The van der Waals surface area contributed by atoms with Gasteiger partial charge in [-0.2, -0.15) is 0 Å². The highest BCUT2D eigenvalue weighted by Gasteiger charge is 2.30. The third-order valence-electron chi connectivity index (χ3n) is 2.76. The summed E-state index contributed by atoms with van der Waals surface area (Å²) in [7, 11) is 3.03. The van der Waals surface area contributed by atoms with Crippen LogP contribution in [0.4, 0.5) is 0 Å². The van der Waals surface area contributed by atoms with E-state index in [9.17, 15) is 0 Å². The van der Waals surface area contributed by atoms with Gasteiger partial charge in [-0.3, -0.25) is 0 Å². The molecule has 0 N–H and O–H groups in total. The minimum absolute atomic E-state index is 0.405. The fourth-order valence-electron chi connectivity index (χ4n) is 1.55. The Morgan fingerprint density at radius 3 is 1.64 bits per heavy atom. The van der Waals surface area contributed by atoms with Crippen LogP contribution in [-0.4, -0.2) is 5.16 Å². The van der Waals surface area contributed by atoms with Gasteiger partial charge in [-0.05, 0) is 23.4 Å². The minimum atomic E-state index is 0.405. The van der Waals surface area contributed by atoms with Crippen LogP contribution >= 0.6 is 9.24 Å². The normalized spacial score (nSPS) is 13.1. The molecule has 1 unspecified atom stereocenters. The SMILES string of the molecule is [CH2]CCC(P)(C(C)C)C(C)C. The molecule has 0 saturated heterocycles. The monoisotopic (exact) mass is 173 g/mol. The van der Waals surface area contributed by atoms with Gasteiger partial charge >= 0.3 is 0 Å². The lowest BCUT2D eigenvalue weighted by molar-refractivity contribution is 0.315. The van der Waals surface area contributed by atoms with Crippen LogP contribution in [0.2, 0.25) is 0 Å². The summed E-state index contributed by atoms with van der Waals surface area (Å²) in [6, 6.07) is 0. The van der Waals surface area contributed by atoms with Crippen LogP contribution in [-0.2, 0) is 0 Å². The third-order valence-corrected chi connectivity index (χ3v) is 4.38. The van der Waals surface area contributed by atoms with Crippen molar-refractivity contribution in [2.45, 2.75) is 45.7 Å². The highest BCUT2D eigenvalue weighted by atomic mass is 31.0. The second kappa shape index (κ2) is 4.45. The van der Waals surface area contributed by atoms with Gasteiger partial charge in [0.25, 0.3) is 0 Å². The molecule has 0 spiro atoms. The van der Waals surface area contributed by atoms with Crippen molar-refractivity contribution < 1.29 is 0 Å². The Balaban J connectivity index is 4.26. The van der Waals surface area contributed by atoms with Crippen molar-refractivity contribution in [3.05, 3.63) is 6.92 Å². The molecule has 0 aliphatic carbocycles. The van der Waals surface area contributed by atoms with Crippen molar-refractivity contribution in [1.29, 1.82) is 0 Å². The lowest BCUT2D eigenvalue weighted by Crippen LogP contribution is -2.33. The van der Waals surface area contributed by atoms with E-state index < -0.39 is 0 Å². The van der Waals surface area contributed by atoms with Crippen LogP contribution in [0.25, 0.3) is 0 Å². The summed E-state index contributed by atoms with van der Waals surface area (Å²) in [5.41, 5.74) is 0. The van der Waals surface area contributed by atoms with Crippen molar-refractivity contribution in [2.24, 2.45) is 11.8 Å². The maximum Gasteiger partial charge on any atom is -0.0104 e. The predicted octanol–water partition coefficient (Wildman–Crippen LogP) is 3.53. The first-order valence-corrected chi connectivity index (χ1v) is 5.11. The van der Waals surface area contributed by atoms with Crippen molar-refractivity contribution in [2.75, 3.05) is 0 Å². The smallest absolute Gasteiger partial charge is 0.0104 e. The topological polar surface area (TPSA) is 0 Å². The number of hydrogen-bond acceptors (Lipinski definition) is 0. The van der Waals surface area contributed by atoms with Gasteiger partial charge in [0.2, 0.25) is 0 Å². The van der Waals surface area contributed by atoms with Gasteiger partial charge in [0.15, 0.2) is 0 Å². The van der Waals surface area contributed by atoms with E-state index in [0.717, 1.165) is 18.3 Å². The Hall–Kier alpha value is 0.430. The van der Waals surface area contributed by atoms with E-state index in [1.54, 1.807) is 0 Å². The van der Waals surface area contributed by atoms with Crippen LogP contribution in [0.15, 0.2) is 0 Å². The van der Waals surface area contributed by atoms with Crippen molar-refractivity contribution in [3.8, 4) is 0 Å². The van der Waals surface area contributed by atoms with Crippen LogP contribution < -0.4 is 0 Å². The minimum Gasteiger partial charge on any atom is -0.131 e. The Labute approximate surface area is 74.4 Å². The molecule has 11 heavy (non-hydrogen) atoms. The summed E-state index contributed by atoms with van der Waals surface area (Å²) in [5.74, 6) is 1.46. The molecule has 0 saturated carbocycles. The predicted molar refractivity (Wildman–Crippen MR) is 56.7 cm³/mol. The average Bonchev–Trinajstić information content (AvgIpc) is 1.87. The van der Waals surface area contributed by atoms with Crippen LogP contribution in [0, 0.1) is 18.8 Å². The summed E-state index contributed by atoms with van der Waals surface area (Å²) < 4.78 is 0. The Morgan fingerprint density at radius 2 is 1.55 bits per heavy atom. The van der Waals surface area contributed by atoms with Crippen molar-refractivity contribution >= 4 is 9.24 Å². The van der Waals surface area contributed by atoms with E-state index in [1.807, 2.05) is 0 Å². The molecular weight excluding hydrogens is 151 g/mol. The number of hydrogen-bond donors (Lipinski definition) is 0. The van der Waals surface area contributed by atoms with Crippen LogP contribution in [0.3, 0.4) is 0 Å². The summed E-state index contributed by atoms with van der Waals surface area (Å²) in [4.78, 5) is 0. The fourth-order valence-corrected chi connectivity index (χ4v) is 1.75. The van der Waals surface area contributed by atoms with Gasteiger partial charge in [0.1, 0.15) is 0 Å². The zero-order valence-corrected chi connectivity index (χ0v) is 9.51. The van der Waals surface area contributed by atoms with E-state index >= 15 is 0 Å². The summed E-state index contributed by atoms with van der Waals surface area (Å²) in [6.45, 7) is 13.1. The van der Waals surface area contributed by atoms with Gasteiger partial charge < -0.3 is 0 Å². The molecule has 0 bridgehead atoms. The summed E-state index contributed by atoms with van der Waals surface area (Å²) >= 11 is 0. The molecule has 0 rings (SSSR count). The largest absolute Gasteiger partial charge is 0.131 e. The van der Waals surface area contributed by atoms with E-state index in [4.69, 9.17) is 0 Å². The zero-order chi connectivity index (χ0) is 9.07. The van der Waals surface area contributed by atoms with Gasteiger partial charge in [0.05, 0.1) is 0 Å². The maximum atomic E-state index is 3.92. The molecule has 0 heterocycles. The Morgan fingerprint density at radius 1 is 1.18 bits per heavy atom. The Kier molecular flexibility index (Phi) is 4.63. The third kappa shape index (κ3) is 2.75. The van der Waals surface area contributed by atoms with Gasteiger partial charge in [-0.15, -0.1) is 9.24 Å². The maximum absolute atomic E-state index is 3.92. The fraction of sp³-hybridized carbons (Fsp3) is 0.900. The molecule has 0 aliphatic rings. The first-order chi connectivity index (χ1) is 4.95. The highest BCUT2D eigenvalue weighted by molar-refractivity contribution is 7.19.